The fraction of sp³-hybridized carbons (Fsp3) is 0.211. The smallest absolute Gasteiger partial charge is 0.338 e. The van der Waals surface area contributed by atoms with Crippen molar-refractivity contribution in [2.45, 2.75) is 43.3 Å². The number of benzene rings is 4. The molecule has 0 heterocycles. The molecule has 0 aliphatic rings. The van der Waals surface area contributed by atoms with Gasteiger partial charge in [-0.25, -0.2) is 4.79 Å². The molecule has 9 nitrogen and oxygen atoms in total. The molecule has 0 saturated heterocycles. The summed E-state index contributed by atoms with van der Waals surface area (Å²) in [6, 6.07) is 29.5. The molecular formula is C38H39N3O6S. The monoisotopic (exact) mass is 665 g/mol. The summed E-state index contributed by atoms with van der Waals surface area (Å²) in [6.45, 7) is 4.32. The average molecular weight is 666 g/mol. The van der Waals surface area contributed by atoms with E-state index in [0.29, 0.717) is 46.8 Å². The van der Waals surface area contributed by atoms with Gasteiger partial charge in [-0.05, 0) is 91.2 Å². The summed E-state index contributed by atoms with van der Waals surface area (Å²) >= 11 is 1.36. The molecule has 0 fully saturated rings. The first-order chi connectivity index (χ1) is 23.3. The molecule has 4 aromatic carbocycles. The zero-order valence-corrected chi connectivity index (χ0v) is 28.0. The van der Waals surface area contributed by atoms with Crippen LogP contribution >= 0.6 is 11.8 Å². The quantitative estimate of drug-likeness (QED) is 0.0518. The van der Waals surface area contributed by atoms with Gasteiger partial charge in [0.25, 0.3) is 11.8 Å². The third kappa shape index (κ3) is 10.6. The highest BCUT2D eigenvalue weighted by Crippen LogP contribution is 2.29. The maximum Gasteiger partial charge on any atom is 0.338 e. The van der Waals surface area contributed by atoms with Gasteiger partial charge >= 0.3 is 5.97 Å². The molecule has 48 heavy (non-hydrogen) atoms. The predicted octanol–water partition coefficient (Wildman–Crippen LogP) is 7.57. The zero-order valence-electron chi connectivity index (χ0n) is 27.2. The minimum absolute atomic E-state index is 0.0428. The molecule has 10 heteroatoms. The Morgan fingerprint density at radius 3 is 2.25 bits per heavy atom. The number of rotatable bonds is 15. The summed E-state index contributed by atoms with van der Waals surface area (Å²) in [7, 11) is 1.55. The van der Waals surface area contributed by atoms with Gasteiger partial charge < -0.3 is 25.4 Å². The normalized spacial score (nSPS) is 11.6. The zero-order chi connectivity index (χ0) is 34.3. The SMILES string of the molecule is CCCCOC(=O)c1ccc(NC(=O)C(CC)Sc2cccc(NC(=O)/C(=C/c3cccc(OC)c3)NC(=O)c3ccccc3)c2)cc1. The number of hydrogen-bond acceptors (Lipinski definition) is 7. The largest absolute Gasteiger partial charge is 0.497 e. The van der Waals surface area contributed by atoms with Crippen LogP contribution in [0.2, 0.25) is 0 Å². The maximum absolute atomic E-state index is 13.5. The van der Waals surface area contributed by atoms with Crippen molar-refractivity contribution in [2.24, 2.45) is 0 Å². The van der Waals surface area contributed by atoms with Gasteiger partial charge in [0.2, 0.25) is 5.91 Å². The number of amides is 3. The van der Waals surface area contributed by atoms with E-state index < -0.39 is 23.0 Å². The fourth-order valence-electron chi connectivity index (χ4n) is 4.48. The van der Waals surface area contributed by atoms with Crippen LogP contribution in [0.5, 0.6) is 5.75 Å². The lowest BCUT2D eigenvalue weighted by Crippen LogP contribution is -2.30. The van der Waals surface area contributed by atoms with Crippen molar-refractivity contribution in [3.05, 3.63) is 126 Å². The Labute approximate surface area is 285 Å². The number of carbonyl (C=O) groups excluding carboxylic acids is 4. The van der Waals surface area contributed by atoms with Crippen molar-refractivity contribution in [1.82, 2.24) is 5.32 Å². The molecule has 0 spiro atoms. The minimum Gasteiger partial charge on any atom is -0.497 e. The van der Waals surface area contributed by atoms with Crippen LogP contribution in [0.15, 0.2) is 114 Å². The van der Waals surface area contributed by atoms with E-state index in [1.54, 1.807) is 110 Å². The van der Waals surface area contributed by atoms with Gasteiger partial charge in [0.15, 0.2) is 0 Å². The third-order valence-electron chi connectivity index (χ3n) is 7.09. The lowest BCUT2D eigenvalue weighted by atomic mass is 10.1. The van der Waals surface area contributed by atoms with Gasteiger partial charge in [0.1, 0.15) is 11.4 Å². The van der Waals surface area contributed by atoms with Crippen LogP contribution < -0.4 is 20.7 Å². The topological polar surface area (TPSA) is 123 Å². The number of unbranched alkanes of at least 4 members (excludes halogenated alkanes) is 1. The standard InChI is InChI=1S/C38H39N3O6S/c1-4-6-22-47-38(45)28-18-20-29(21-19-28)39-37(44)34(5-2)48-32-17-11-15-30(25-32)40-36(43)33(24-26-12-10-16-31(23-26)46-3)41-35(42)27-13-8-7-9-14-27/h7-21,23-25,34H,4-6,22H2,1-3H3,(H,39,44)(H,40,43)(H,41,42)/b33-24-. The number of methoxy groups -OCH3 is 1. The summed E-state index contributed by atoms with van der Waals surface area (Å²) < 4.78 is 10.6. The van der Waals surface area contributed by atoms with Gasteiger partial charge in [-0.2, -0.15) is 0 Å². The van der Waals surface area contributed by atoms with Crippen LogP contribution in [0.25, 0.3) is 6.08 Å². The molecule has 0 aliphatic carbocycles. The van der Waals surface area contributed by atoms with Crippen molar-refractivity contribution in [3.63, 3.8) is 0 Å². The van der Waals surface area contributed by atoms with Crippen LogP contribution in [-0.2, 0) is 14.3 Å². The van der Waals surface area contributed by atoms with E-state index in [2.05, 4.69) is 16.0 Å². The first-order valence-corrected chi connectivity index (χ1v) is 16.6. The van der Waals surface area contributed by atoms with Crippen LogP contribution in [0.1, 0.15) is 59.4 Å². The second kappa shape index (κ2) is 18.1. The average Bonchev–Trinajstić information content (AvgIpc) is 3.11. The Balaban J connectivity index is 1.44. The molecular weight excluding hydrogens is 627 g/mol. The van der Waals surface area contributed by atoms with Gasteiger partial charge in [-0.1, -0.05) is 56.7 Å². The number of thioether (sulfide) groups is 1. The van der Waals surface area contributed by atoms with E-state index >= 15 is 0 Å². The third-order valence-corrected chi connectivity index (χ3v) is 8.44. The molecule has 1 atom stereocenters. The second-order valence-electron chi connectivity index (χ2n) is 10.7. The van der Waals surface area contributed by atoms with Gasteiger partial charge in [-0.15, -0.1) is 11.8 Å². The first kappa shape index (κ1) is 35.5. The van der Waals surface area contributed by atoms with Crippen LogP contribution in [0, 0.1) is 0 Å². The Morgan fingerprint density at radius 1 is 0.792 bits per heavy atom. The van der Waals surface area contributed by atoms with Crippen LogP contribution in [-0.4, -0.2) is 42.7 Å². The Hall–Kier alpha value is -5.35. The summed E-state index contributed by atoms with van der Waals surface area (Å²) in [5.74, 6) is -0.926. The van der Waals surface area contributed by atoms with E-state index in [9.17, 15) is 19.2 Å². The van der Waals surface area contributed by atoms with E-state index in [0.717, 1.165) is 17.7 Å². The molecule has 0 saturated carbocycles. The van der Waals surface area contributed by atoms with Crippen LogP contribution in [0.4, 0.5) is 11.4 Å². The number of nitrogens with one attached hydrogen (secondary N) is 3. The number of hydrogen-bond donors (Lipinski definition) is 3. The van der Waals surface area contributed by atoms with Gasteiger partial charge in [0, 0.05) is 21.8 Å². The summed E-state index contributed by atoms with van der Waals surface area (Å²) in [5.41, 5.74) is 2.59. The highest BCUT2D eigenvalue weighted by atomic mass is 32.2. The van der Waals surface area contributed by atoms with Crippen molar-refractivity contribution in [3.8, 4) is 5.75 Å². The molecule has 4 aromatic rings. The molecule has 0 bridgehead atoms. The molecule has 4 rings (SSSR count). The Morgan fingerprint density at radius 2 is 1.54 bits per heavy atom. The number of esters is 1. The molecule has 0 aromatic heterocycles. The lowest BCUT2D eigenvalue weighted by Gasteiger charge is -2.16. The molecule has 3 amide bonds. The van der Waals surface area contributed by atoms with Crippen molar-refractivity contribution >= 4 is 52.9 Å². The fourth-order valence-corrected chi connectivity index (χ4v) is 5.49. The van der Waals surface area contributed by atoms with Gasteiger partial charge in [0.05, 0.1) is 24.5 Å². The van der Waals surface area contributed by atoms with Gasteiger partial charge in [-0.3, -0.25) is 14.4 Å². The maximum atomic E-state index is 13.5. The van der Waals surface area contributed by atoms with Crippen molar-refractivity contribution in [1.29, 1.82) is 0 Å². The summed E-state index contributed by atoms with van der Waals surface area (Å²) in [6.07, 6.45) is 3.87. The molecule has 0 aliphatic heterocycles. The first-order valence-electron chi connectivity index (χ1n) is 15.7. The second-order valence-corrected chi connectivity index (χ2v) is 12.0. The number of anilines is 2. The highest BCUT2D eigenvalue weighted by molar-refractivity contribution is 8.00. The van der Waals surface area contributed by atoms with Crippen molar-refractivity contribution in [2.75, 3.05) is 24.4 Å². The molecule has 0 radical (unpaired) electrons. The van der Waals surface area contributed by atoms with Crippen molar-refractivity contribution < 1.29 is 28.7 Å². The Kier molecular flexibility index (Phi) is 13.4. The molecule has 248 valence electrons. The van der Waals surface area contributed by atoms with E-state index in [4.69, 9.17) is 9.47 Å². The number of ether oxygens (including phenoxy) is 2. The summed E-state index contributed by atoms with van der Waals surface area (Å²) in [4.78, 5) is 52.7. The van der Waals surface area contributed by atoms with Crippen LogP contribution in [0.3, 0.4) is 0 Å². The Bertz CT molecular complexity index is 1740. The van der Waals surface area contributed by atoms with E-state index in [1.807, 2.05) is 19.9 Å². The minimum atomic E-state index is -0.522. The lowest BCUT2D eigenvalue weighted by molar-refractivity contribution is -0.116. The molecule has 1 unspecified atom stereocenters. The van der Waals surface area contributed by atoms with E-state index in [1.165, 1.54) is 11.8 Å². The predicted molar refractivity (Wildman–Crippen MR) is 190 cm³/mol. The molecule has 3 N–H and O–H groups in total. The highest BCUT2D eigenvalue weighted by Gasteiger charge is 2.20. The summed E-state index contributed by atoms with van der Waals surface area (Å²) in [5, 5.41) is 8.10. The number of carbonyl (C=O) groups is 4. The van der Waals surface area contributed by atoms with E-state index in [-0.39, 0.29) is 11.6 Å².